The Morgan fingerprint density at radius 2 is 1.87 bits per heavy atom. The highest BCUT2D eigenvalue weighted by atomic mass is 32.2. The third-order valence-corrected chi connectivity index (χ3v) is 7.42. The molecule has 3 N–H and O–H groups in total. The van der Waals surface area contributed by atoms with Gasteiger partial charge in [-0.15, -0.1) is 0 Å². The number of hydrogen-bond donors (Lipinski definition) is 2. The number of carbonyl (C=O) groups excluding carboxylic acids is 2. The van der Waals surface area contributed by atoms with E-state index in [1.54, 1.807) is 31.9 Å². The van der Waals surface area contributed by atoms with Crippen LogP contribution >= 0.6 is 0 Å². The van der Waals surface area contributed by atoms with E-state index in [0.29, 0.717) is 57.9 Å². The zero-order chi connectivity index (χ0) is 22.3. The van der Waals surface area contributed by atoms with Crippen molar-refractivity contribution in [1.29, 1.82) is 0 Å². The number of nitrogens with one attached hydrogen (secondary N) is 1. The third-order valence-electron chi connectivity index (χ3n) is 5.37. The molecule has 10 heteroatoms. The van der Waals surface area contributed by atoms with Gasteiger partial charge in [-0.2, -0.15) is 4.31 Å². The van der Waals surface area contributed by atoms with Crippen molar-refractivity contribution in [2.45, 2.75) is 31.6 Å². The first-order chi connectivity index (χ1) is 14.3. The SMILES string of the molecule is CCN(CC)S(=O)(=O)c1ccc(NCCOC)c(C(=O)N2CCC(C(N)=O)CC2)c1. The summed E-state index contributed by atoms with van der Waals surface area (Å²) >= 11 is 0. The molecule has 9 nitrogen and oxygen atoms in total. The van der Waals surface area contributed by atoms with E-state index >= 15 is 0 Å². The number of rotatable bonds is 10. The van der Waals surface area contributed by atoms with E-state index in [4.69, 9.17) is 10.5 Å². The van der Waals surface area contributed by atoms with Gasteiger partial charge in [0.25, 0.3) is 5.91 Å². The average Bonchev–Trinajstić information content (AvgIpc) is 2.74. The lowest BCUT2D eigenvalue weighted by atomic mass is 9.95. The topological polar surface area (TPSA) is 122 Å². The van der Waals surface area contributed by atoms with Gasteiger partial charge in [0.1, 0.15) is 0 Å². The Balaban J connectivity index is 2.36. The second-order valence-electron chi connectivity index (χ2n) is 7.19. The minimum Gasteiger partial charge on any atom is -0.383 e. The number of primary amides is 1. The lowest BCUT2D eigenvalue weighted by molar-refractivity contribution is -0.123. The number of nitrogens with zero attached hydrogens (tertiary/aromatic N) is 2. The average molecular weight is 441 g/mol. The van der Waals surface area contributed by atoms with E-state index in [2.05, 4.69) is 5.32 Å². The molecule has 1 aliphatic rings. The molecule has 2 amide bonds. The first-order valence-electron chi connectivity index (χ1n) is 10.2. The summed E-state index contributed by atoms with van der Waals surface area (Å²) in [6.45, 7) is 5.95. The predicted molar refractivity (Wildman–Crippen MR) is 115 cm³/mol. The molecule has 1 heterocycles. The summed E-state index contributed by atoms with van der Waals surface area (Å²) in [5.41, 5.74) is 6.22. The van der Waals surface area contributed by atoms with E-state index in [1.807, 2.05) is 0 Å². The van der Waals surface area contributed by atoms with Crippen LogP contribution in [0, 0.1) is 5.92 Å². The number of likely N-dealkylation sites (tertiary alicyclic amines) is 1. The maximum absolute atomic E-state index is 13.2. The Bertz CT molecular complexity index is 847. The van der Waals surface area contributed by atoms with Crippen LogP contribution in [0.3, 0.4) is 0 Å². The first-order valence-corrected chi connectivity index (χ1v) is 11.7. The number of nitrogens with two attached hydrogens (primary N) is 1. The fourth-order valence-corrected chi connectivity index (χ4v) is 5.04. The molecule has 0 bridgehead atoms. The molecule has 1 aliphatic heterocycles. The number of methoxy groups -OCH3 is 1. The van der Waals surface area contributed by atoms with Gasteiger partial charge in [0.2, 0.25) is 15.9 Å². The summed E-state index contributed by atoms with van der Waals surface area (Å²) in [6, 6.07) is 4.57. The Labute approximate surface area is 178 Å². The molecule has 0 aromatic heterocycles. The number of anilines is 1. The van der Waals surface area contributed by atoms with Crippen molar-refractivity contribution >= 4 is 27.5 Å². The standard InChI is InChI=1S/C20H32N4O5S/c1-4-24(5-2)30(27,28)16-6-7-18(22-10-13-29-3)17(14-16)20(26)23-11-8-15(9-12-23)19(21)25/h6-7,14-15,22H,4-5,8-13H2,1-3H3,(H2,21,25). The molecule has 0 aliphatic carbocycles. The number of amides is 2. The minimum atomic E-state index is -3.70. The van der Waals surface area contributed by atoms with E-state index in [-0.39, 0.29) is 28.2 Å². The first kappa shape index (κ1) is 24.1. The lowest BCUT2D eigenvalue weighted by Crippen LogP contribution is -2.42. The number of ether oxygens (including phenoxy) is 1. The zero-order valence-electron chi connectivity index (χ0n) is 17.9. The van der Waals surface area contributed by atoms with E-state index < -0.39 is 10.0 Å². The maximum Gasteiger partial charge on any atom is 0.255 e. The molecular formula is C20H32N4O5S. The molecule has 1 aromatic carbocycles. The van der Waals surface area contributed by atoms with Crippen molar-refractivity contribution in [3.63, 3.8) is 0 Å². The van der Waals surface area contributed by atoms with Gasteiger partial charge in [-0.25, -0.2) is 8.42 Å². The quantitative estimate of drug-likeness (QED) is 0.526. The fraction of sp³-hybridized carbons (Fsp3) is 0.600. The molecular weight excluding hydrogens is 408 g/mol. The maximum atomic E-state index is 13.2. The van der Waals surface area contributed by atoms with Crippen LogP contribution < -0.4 is 11.1 Å². The molecule has 1 aromatic rings. The van der Waals surface area contributed by atoms with Crippen LogP contribution in [-0.4, -0.2) is 75.9 Å². The molecule has 1 saturated heterocycles. The van der Waals surface area contributed by atoms with Gasteiger partial charge in [0.15, 0.2) is 0 Å². The highest BCUT2D eigenvalue weighted by Crippen LogP contribution is 2.26. The third kappa shape index (κ3) is 5.50. The second kappa shape index (κ2) is 10.7. The molecule has 30 heavy (non-hydrogen) atoms. The highest BCUT2D eigenvalue weighted by molar-refractivity contribution is 7.89. The number of sulfonamides is 1. The number of carbonyl (C=O) groups is 2. The molecule has 168 valence electrons. The van der Waals surface area contributed by atoms with Crippen LogP contribution in [0.4, 0.5) is 5.69 Å². The Morgan fingerprint density at radius 3 is 2.40 bits per heavy atom. The van der Waals surface area contributed by atoms with E-state index in [0.717, 1.165) is 0 Å². The van der Waals surface area contributed by atoms with Crippen LogP contribution in [0.5, 0.6) is 0 Å². The van der Waals surface area contributed by atoms with Crippen LogP contribution in [0.15, 0.2) is 23.1 Å². The molecule has 0 unspecified atom stereocenters. The van der Waals surface area contributed by atoms with Crippen molar-refractivity contribution in [2.75, 3.05) is 51.8 Å². The monoisotopic (exact) mass is 440 g/mol. The van der Waals surface area contributed by atoms with Gasteiger partial charge >= 0.3 is 0 Å². The highest BCUT2D eigenvalue weighted by Gasteiger charge is 2.29. The van der Waals surface area contributed by atoms with Crippen LogP contribution in [0.1, 0.15) is 37.0 Å². The van der Waals surface area contributed by atoms with Crippen molar-refractivity contribution in [2.24, 2.45) is 11.7 Å². The van der Waals surface area contributed by atoms with Gasteiger partial charge in [-0.05, 0) is 31.0 Å². The molecule has 2 rings (SSSR count). The molecule has 0 atom stereocenters. The van der Waals surface area contributed by atoms with Crippen molar-refractivity contribution in [3.05, 3.63) is 23.8 Å². The van der Waals surface area contributed by atoms with Gasteiger partial charge in [-0.1, -0.05) is 13.8 Å². The Morgan fingerprint density at radius 1 is 1.23 bits per heavy atom. The van der Waals surface area contributed by atoms with E-state index in [1.165, 1.54) is 16.4 Å². The Hall–Kier alpha value is -2.17. The van der Waals surface area contributed by atoms with Crippen molar-refractivity contribution in [3.8, 4) is 0 Å². The molecule has 1 fully saturated rings. The zero-order valence-corrected chi connectivity index (χ0v) is 18.7. The van der Waals surface area contributed by atoms with Gasteiger partial charge in [-0.3, -0.25) is 9.59 Å². The summed E-state index contributed by atoms with van der Waals surface area (Å²) in [5.74, 6) is -0.853. The smallest absolute Gasteiger partial charge is 0.255 e. The number of piperidine rings is 1. The summed E-state index contributed by atoms with van der Waals surface area (Å²) in [7, 11) is -2.12. The predicted octanol–water partition coefficient (Wildman–Crippen LogP) is 1.11. The van der Waals surface area contributed by atoms with Crippen molar-refractivity contribution < 1.29 is 22.7 Å². The van der Waals surface area contributed by atoms with Crippen LogP contribution in [-0.2, 0) is 19.6 Å². The molecule has 0 spiro atoms. The second-order valence-corrected chi connectivity index (χ2v) is 9.12. The summed E-state index contributed by atoms with van der Waals surface area (Å²) in [5, 5.41) is 3.14. The normalized spacial score (nSPS) is 15.4. The van der Waals surface area contributed by atoms with Gasteiger partial charge in [0.05, 0.1) is 17.1 Å². The summed E-state index contributed by atoms with van der Waals surface area (Å²) < 4.78 is 32.3. The molecule has 0 radical (unpaired) electrons. The van der Waals surface area contributed by atoms with Gasteiger partial charge < -0.3 is 20.7 Å². The Kier molecular flexibility index (Phi) is 8.63. The lowest BCUT2D eigenvalue weighted by Gasteiger charge is -2.31. The summed E-state index contributed by atoms with van der Waals surface area (Å²) in [4.78, 5) is 26.4. The fourth-order valence-electron chi connectivity index (χ4n) is 3.55. The molecule has 0 saturated carbocycles. The van der Waals surface area contributed by atoms with Crippen molar-refractivity contribution in [1.82, 2.24) is 9.21 Å². The van der Waals surface area contributed by atoms with Gasteiger partial charge in [0, 0.05) is 51.4 Å². The number of benzene rings is 1. The van der Waals surface area contributed by atoms with Crippen LogP contribution in [0.2, 0.25) is 0 Å². The summed E-state index contributed by atoms with van der Waals surface area (Å²) in [6.07, 6.45) is 1.01. The minimum absolute atomic E-state index is 0.0823. The van der Waals surface area contributed by atoms with Crippen LogP contribution in [0.25, 0.3) is 0 Å². The van der Waals surface area contributed by atoms with E-state index in [9.17, 15) is 18.0 Å². The largest absolute Gasteiger partial charge is 0.383 e. The number of hydrogen-bond acceptors (Lipinski definition) is 6.